The number of likely N-dealkylation sites (N-methyl/N-ethyl adjacent to an activating group) is 1. The van der Waals surface area contributed by atoms with E-state index in [2.05, 4.69) is 71.9 Å². The number of fused-ring (bicyclic) bond motifs is 1. The highest BCUT2D eigenvalue weighted by Crippen LogP contribution is 2.17. The Morgan fingerprint density at radius 1 is 1.28 bits per heavy atom. The molecule has 6 heteroatoms. The molecule has 0 spiro atoms. The molecular weight excluding hydrogens is 401 g/mol. The number of piperidine rings is 1. The Labute approximate surface area is 190 Å². The maximum Gasteiger partial charge on any atom is 0.132 e. The molecular formula is C26H34FN5. The number of nitrogens with two attached hydrogens (primary N) is 1. The Morgan fingerprint density at radius 2 is 2.09 bits per heavy atom. The summed E-state index contributed by atoms with van der Waals surface area (Å²) in [7, 11) is 2.18. The third-order valence-electron chi connectivity index (χ3n) is 5.57. The molecule has 1 fully saturated rings. The quantitative estimate of drug-likeness (QED) is 0.421. The minimum Gasteiger partial charge on any atom is -0.399 e. The van der Waals surface area contributed by atoms with Crippen LogP contribution in [-0.2, 0) is 6.54 Å². The fraction of sp³-hybridized carbons (Fsp3) is 0.308. The van der Waals surface area contributed by atoms with Gasteiger partial charge in [0, 0.05) is 35.0 Å². The SMILES string of the molecule is C=C(NCc1cc2cc(C)ccc2[nH]1)NC1CCCN(C)C1.C=Cc1ccc(N)cc1F. The molecule has 1 saturated heterocycles. The van der Waals surface area contributed by atoms with Crippen LogP contribution in [0.15, 0.2) is 61.4 Å². The number of halogens is 1. The minimum atomic E-state index is -0.324. The second-order valence-corrected chi connectivity index (χ2v) is 8.45. The molecule has 5 N–H and O–H groups in total. The lowest BCUT2D eigenvalue weighted by Gasteiger charge is -2.31. The number of H-pyrrole nitrogens is 1. The zero-order valence-electron chi connectivity index (χ0n) is 19.0. The molecule has 1 atom stereocenters. The van der Waals surface area contributed by atoms with E-state index in [0.717, 1.165) is 18.9 Å². The maximum atomic E-state index is 12.7. The van der Waals surface area contributed by atoms with E-state index in [1.807, 2.05) is 0 Å². The largest absolute Gasteiger partial charge is 0.399 e. The van der Waals surface area contributed by atoms with Crippen molar-refractivity contribution in [2.24, 2.45) is 0 Å². The Balaban J connectivity index is 0.000000243. The molecule has 2 heterocycles. The molecule has 170 valence electrons. The third kappa shape index (κ3) is 6.62. The summed E-state index contributed by atoms with van der Waals surface area (Å²) in [5, 5.41) is 8.15. The molecule has 1 aliphatic rings. The lowest BCUT2D eigenvalue weighted by Crippen LogP contribution is -2.45. The molecule has 3 aromatic rings. The van der Waals surface area contributed by atoms with Crippen molar-refractivity contribution in [1.82, 2.24) is 20.5 Å². The summed E-state index contributed by atoms with van der Waals surface area (Å²) in [5.74, 6) is 0.588. The fourth-order valence-corrected chi connectivity index (χ4v) is 3.90. The van der Waals surface area contributed by atoms with E-state index in [4.69, 9.17) is 5.73 Å². The first-order valence-corrected chi connectivity index (χ1v) is 11.0. The van der Waals surface area contributed by atoms with Crippen molar-refractivity contribution in [3.05, 3.63) is 84.1 Å². The van der Waals surface area contributed by atoms with Crippen molar-refractivity contribution in [1.29, 1.82) is 0 Å². The predicted octanol–water partition coefficient (Wildman–Crippen LogP) is 4.77. The number of rotatable bonds is 6. The van der Waals surface area contributed by atoms with Crippen LogP contribution in [-0.4, -0.2) is 36.1 Å². The summed E-state index contributed by atoms with van der Waals surface area (Å²) in [4.78, 5) is 5.82. The number of aromatic amines is 1. The van der Waals surface area contributed by atoms with E-state index in [1.165, 1.54) is 53.7 Å². The van der Waals surface area contributed by atoms with Crippen LogP contribution in [0.2, 0.25) is 0 Å². The van der Waals surface area contributed by atoms with Crippen LogP contribution < -0.4 is 16.4 Å². The monoisotopic (exact) mass is 435 g/mol. The molecule has 0 bridgehead atoms. The summed E-state index contributed by atoms with van der Waals surface area (Å²) in [5.41, 5.74) is 9.89. The van der Waals surface area contributed by atoms with Gasteiger partial charge in [0.25, 0.3) is 0 Å². The van der Waals surface area contributed by atoms with Crippen LogP contribution in [0.25, 0.3) is 17.0 Å². The lowest BCUT2D eigenvalue weighted by atomic mass is 10.1. The summed E-state index contributed by atoms with van der Waals surface area (Å²) in [6.07, 6.45) is 3.92. The van der Waals surface area contributed by atoms with Gasteiger partial charge >= 0.3 is 0 Å². The minimum absolute atomic E-state index is 0.324. The molecule has 0 radical (unpaired) electrons. The second-order valence-electron chi connectivity index (χ2n) is 8.45. The molecule has 0 saturated carbocycles. The summed E-state index contributed by atoms with van der Waals surface area (Å²) < 4.78 is 12.7. The van der Waals surface area contributed by atoms with Crippen LogP contribution in [0.1, 0.15) is 29.7 Å². The number of hydrogen-bond acceptors (Lipinski definition) is 4. The lowest BCUT2D eigenvalue weighted by molar-refractivity contribution is 0.233. The van der Waals surface area contributed by atoms with Gasteiger partial charge in [-0.05, 0) is 69.1 Å². The number of benzene rings is 2. The normalized spacial score (nSPS) is 16.2. The zero-order valence-corrected chi connectivity index (χ0v) is 19.0. The highest BCUT2D eigenvalue weighted by Gasteiger charge is 2.16. The fourth-order valence-electron chi connectivity index (χ4n) is 3.90. The van der Waals surface area contributed by atoms with Crippen LogP contribution in [0.5, 0.6) is 0 Å². The van der Waals surface area contributed by atoms with Crippen molar-refractivity contribution in [2.75, 3.05) is 25.9 Å². The smallest absolute Gasteiger partial charge is 0.132 e. The number of nitrogen functional groups attached to an aromatic ring is 1. The van der Waals surface area contributed by atoms with Gasteiger partial charge in [0.15, 0.2) is 0 Å². The first kappa shape index (κ1) is 23.4. The van der Waals surface area contributed by atoms with Crippen molar-refractivity contribution in [3.8, 4) is 0 Å². The molecule has 4 rings (SSSR count). The first-order valence-electron chi connectivity index (χ1n) is 11.0. The number of anilines is 1. The number of likely N-dealkylation sites (tertiary alicyclic amines) is 1. The first-order chi connectivity index (χ1) is 15.3. The Hall–Kier alpha value is -3.25. The van der Waals surface area contributed by atoms with E-state index >= 15 is 0 Å². The second kappa shape index (κ2) is 10.9. The van der Waals surface area contributed by atoms with Gasteiger partial charge in [0.2, 0.25) is 0 Å². The van der Waals surface area contributed by atoms with Gasteiger partial charge in [0.05, 0.1) is 12.4 Å². The Kier molecular flexibility index (Phi) is 7.95. The average Bonchev–Trinajstić information content (AvgIpc) is 3.15. The van der Waals surface area contributed by atoms with Gasteiger partial charge in [-0.15, -0.1) is 0 Å². The number of hydrogen-bond donors (Lipinski definition) is 4. The van der Waals surface area contributed by atoms with Gasteiger partial charge in [-0.3, -0.25) is 0 Å². The molecule has 1 aliphatic heterocycles. The van der Waals surface area contributed by atoms with E-state index < -0.39 is 0 Å². The molecule has 2 aromatic carbocycles. The summed E-state index contributed by atoms with van der Waals surface area (Å²) in [6, 6.07) is 13.7. The van der Waals surface area contributed by atoms with E-state index in [1.54, 1.807) is 12.1 Å². The molecule has 5 nitrogen and oxygen atoms in total. The average molecular weight is 436 g/mol. The van der Waals surface area contributed by atoms with Crippen LogP contribution in [0.4, 0.5) is 10.1 Å². The zero-order chi connectivity index (χ0) is 23.1. The van der Waals surface area contributed by atoms with Crippen molar-refractivity contribution in [3.63, 3.8) is 0 Å². The number of nitrogens with zero attached hydrogens (tertiary/aromatic N) is 1. The van der Waals surface area contributed by atoms with Gasteiger partial charge < -0.3 is 26.3 Å². The van der Waals surface area contributed by atoms with Gasteiger partial charge in [-0.1, -0.05) is 36.9 Å². The van der Waals surface area contributed by atoms with Crippen LogP contribution in [0, 0.1) is 12.7 Å². The van der Waals surface area contributed by atoms with Gasteiger partial charge in [-0.25, -0.2) is 4.39 Å². The van der Waals surface area contributed by atoms with Crippen molar-refractivity contribution >= 4 is 22.7 Å². The molecule has 0 aliphatic carbocycles. The number of aromatic nitrogens is 1. The van der Waals surface area contributed by atoms with E-state index in [0.29, 0.717) is 17.3 Å². The molecule has 0 amide bonds. The van der Waals surface area contributed by atoms with Crippen LogP contribution in [0.3, 0.4) is 0 Å². The molecule has 1 unspecified atom stereocenters. The standard InChI is InChI=1S/C18H26N4.C8H8FN/c1-13-6-7-18-15(9-13)10-17(21-18)11-19-14(2)20-16-5-4-8-22(3)12-16;1-2-6-3-4-7(10)5-8(6)9/h6-7,9-10,16,19-21H,2,4-5,8,11-12H2,1,3H3;2-5H,1,10H2. The summed E-state index contributed by atoms with van der Waals surface area (Å²) in [6.45, 7) is 12.7. The highest BCUT2D eigenvalue weighted by molar-refractivity contribution is 5.81. The topological polar surface area (TPSA) is 69.1 Å². The Bertz CT molecular complexity index is 1070. The number of nitrogens with one attached hydrogen (secondary N) is 3. The van der Waals surface area contributed by atoms with E-state index in [9.17, 15) is 4.39 Å². The van der Waals surface area contributed by atoms with Gasteiger partial charge in [0.1, 0.15) is 5.82 Å². The van der Waals surface area contributed by atoms with E-state index in [-0.39, 0.29) is 5.82 Å². The van der Waals surface area contributed by atoms with Crippen molar-refractivity contribution in [2.45, 2.75) is 32.4 Å². The molecule has 32 heavy (non-hydrogen) atoms. The summed E-state index contributed by atoms with van der Waals surface area (Å²) >= 11 is 0. The van der Waals surface area contributed by atoms with Gasteiger partial charge in [-0.2, -0.15) is 0 Å². The Morgan fingerprint density at radius 3 is 2.81 bits per heavy atom. The van der Waals surface area contributed by atoms with Crippen molar-refractivity contribution < 1.29 is 4.39 Å². The maximum absolute atomic E-state index is 12.7. The molecule has 1 aromatic heterocycles. The highest BCUT2D eigenvalue weighted by atomic mass is 19.1. The van der Waals surface area contributed by atoms with Crippen LogP contribution >= 0.6 is 0 Å². The number of aryl methyl sites for hydroxylation is 1. The third-order valence-corrected chi connectivity index (χ3v) is 5.57. The predicted molar refractivity (Wildman–Crippen MR) is 134 cm³/mol.